The van der Waals surface area contributed by atoms with E-state index in [9.17, 15) is 9.18 Å². The maximum atomic E-state index is 13.7. The molecule has 2 atom stereocenters. The molecular weight excluding hydrogens is 207 g/mol. The van der Waals surface area contributed by atoms with Gasteiger partial charge in [-0.3, -0.25) is 0 Å². The second kappa shape index (κ2) is 4.08. The van der Waals surface area contributed by atoms with E-state index in [0.29, 0.717) is 12.0 Å². The number of esters is 1. The molecule has 2 nitrogen and oxygen atoms in total. The second-order valence-corrected chi connectivity index (χ2v) is 4.02. The highest BCUT2D eigenvalue weighted by molar-refractivity contribution is 5.89. The minimum atomic E-state index is -1.38. The van der Waals surface area contributed by atoms with Gasteiger partial charge in [0.1, 0.15) is 6.61 Å². The zero-order valence-electron chi connectivity index (χ0n) is 8.86. The van der Waals surface area contributed by atoms with Crippen LogP contribution in [0.15, 0.2) is 43.0 Å². The lowest BCUT2D eigenvalue weighted by atomic mass is 10.2. The van der Waals surface area contributed by atoms with E-state index < -0.39 is 11.6 Å². The van der Waals surface area contributed by atoms with Crippen molar-refractivity contribution in [3.63, 3.8) is 0 Å². The molecule has 1 aromatic rings. The highest BCUT2D eigenvalue weighted by Crippen LogP contribution is 2.48. The summed E-state index contributed by atoms with van der Waals surface area (Å²) in [6.07, 6.45) is 1.97. The molecule has 0 aliphatic heterocycles. The fourth-order valence-electron chi connectivity index (χ4n) is 1.61. The maximum Gasteiger partial charge on any atom is 0.338 e. The minimum Gasteiger partial charge on any atom is -0.459 e. The van der Waals surface area contributed by atoms with Crippen molar-refractivity contribution >= 4 is 5.97 Å². The van der Waals surface area contributed by atoms with Gasteiger partial charge in [0.15, 0.2) is 5.67 Å². The van der Waals surface area contributed by atoms with Gasteiger partial charge in [-0.2, -0.15) is 0 Å². The Morgan fingerprint density at radius 3 is 2.81 bits per heavy atom. The lowest BCUT2D eigenvalue weighted by molar-refractivity contribution is 0.0354. The zero-order chi connectivity index (χ0) is 11.6. The van der Waals surface area contributed by atoms with Gasteiger partial charge in [-0.1, -0.05) is 24.3 Å². The molecule has 0 heterocycles. The van der Waals surface area contributed by atoms with Crippen molar-refractivity contribution in [2.75, 3.05) is 6.61 Å². The molecule has 1 aliphatic carbocycles. The number of benzene rings is 1. The molecule has 0 spiro atoms. The summed E-state index contributed by atoms with van der Waals surface area (Å²) < 4.78 is 18.6. The summed E-state index contributed by atoms with van der Waals surface area (Å²) in [6, 6.07) is 8.58. The molecule has 1 saturated carbocycles. The summed E-state index contributed by atoms with van der Waals surface area (Å²) in [6.45, 7) is 3.34. The normalized spacial score (nSPS) is 27.2. The van der Waals surface area contributed by atoms with Crippen molar-refractivity contribution in [2.24, 2.45) is 5.92 Å². The van der Waals surface area contributed by atoms with Crippen molar-refractivity contribution in [2.45, 2.75) is 12.1 Å². The number of allylic oxidation sites excluding steroid dienone is 1. The summed E-state index contributed by atoms with van der Waals surface area (Å²) in [5, 5.41) is 0. The van der Waals surface area contributed by atoms with E-state index in [1.807, 2.05) is 6.07 Å². The molecule has 0 unspecified atom stereocenters. The molecule has 84 valence electrons. The van der Waals surface area contributed by atoms with Gasteiger partial charge in [0.05, 0.1) is 5.56 Å². The number of alkyl halides is 1. The SMILES string of the molecule is C=C[C@@H]1C[C@@]1(F)COC(=O)c1ccccc1. The van der Waals surface area contributed by atoms with Crippen LogP contribution in [0.2, 0.25) is 0 Å². The Kier molecular flexibility index (Phi) is 2.77. The Labute approximate surface area is 93.7 Å². The molecular formula is C13H13FO2. The Balaban J connectivity index is 1.88. The number of rotatable bonds is 4. The van der Waals surface area contributed by atoms with Gasteiger partial charge in [-0.05, 0) is 18.6 Å². The number of ether oxygens (including phenoxy) is 1. The number of carbonyl (C=O) groups excluding carboxylic acids is 1. The molecule has 0 bridgehead atoms. The van der Waals surface area contributed by atoms with Crippen LogP contribution >= 0.6 is 0 Å². The van der Waals surface area contributed by atoms with Crippen LogP contribution in [0.3, 0.4) is 0 Å². The molecule has 1 aromatic carbocycles. The van der Waals surface area contributed by atoms with Crippen molar-refractivity contribution in [1.82, 2.24) is 0 Å². The third-order valence-electron chi connectivity index (χ3n) is 2.80. The molecule has 1 fully saturated rings. The zero-order valence-corrected chi connectivity index (χ0v) is 8.86. The van der Waals surface area contributed by atoms with Gasteiger partial charge < -0.3 is 4.74 Å². The molecule has 3 heteroatoms. The van der Waals surface area contributed by atoms with E-state index >= 15 is 0 Å². The van der Waals surface area contributed by atoms with Crippen molar-refractivity contribution < 1.29 is 13.9 Å². The molecule has 0 aromatic heterocycles. The van der Waals surface area contributed by atoms with Crippen molar-refractivity contribution in [3.05, 3.63) is 48.6 Å². The monoisotopic (exact) mass is 220 g/mol. The van der Waals surface area contributed by atoms with Crippen LogP contribution in [-0.4, -0.2) is 18.2 Å². The van der Waals surface area contributed by atoms with Crippen LogP contribution in [0.1, 0.15) is 16.8 Å². The van der Waals surface area contributed by atoms with Crippen LogP contribution in [0.4, 0.5) is 4.39 Å². The molecule has 2 rings (SSSR count). The van der Waals surface area contributed by atoms with Crippen LogP contribution in [0.5, 0.6) is 0 Å². The predicted octanol–water partition coefficient (Wildman–Crippen LogP) is 2.76. The number of carbonyl (C=O) groups is 1. The number of halogens is 1. The maximum absolute atomic E-state index is 13.7. The summed E-state index contributed by atoms with van der Waals surface area (Å²) in [5.74, 6) is -0.650. The first-order valence-corrected chi connectivity index (χ1v) is 5.19. The van der Waals surface area contributed by atoms with Gasteiger partial charge in [-0.25, -0.2) is 9.18 Å². The van der Waals surface area contributed by atoms with Gasteiger partial charge in [0.25, 0.3) is 0 Å². The standard InChI is InChI=1S/C13H13FO2/c1-2-11-8-13(11,14)9-16-12(15)10-6-4-3-5-7-10/h2-7,11H,1,8-9H2/t11-,13-/m1/s1. The number of hydrogen-bond donors (Lipinski definition) is 0. The largest absolute Gasteiger partial charge is 0.459 e. The molecule has 1 aliphatic rings. The van der Waals surface area contributed by atoms with Gasteiger partial charge >= 0.3 is 5.97 Å². The Bertz CT molecular complexity index is 402. The molecule has 0 amide bonds. The Morgan fingerprint density at radius 1 is 1.56 bits per heavy atom. The minimum absolute atomic E-state index is 0.170. The van der Waals surface area contributed by atoms with Crippen molar-refractivity contribution in [3.8, 4) is 0 Å². The summed E-state index contributed by atoms with van der Waals surface area (Å²) in [7, 11) is 0. The summed E-state index contributed by atoms with van der Waals surface area (Å²) in [4.78, 5) is 11.5. The van der Waals surface area contributed by atoms with Gasteiger partial charge in [0.2, 0.25) is 0 Å². The highest BCUT2D eigenvalue weighted by Gasteiger charge is 2.54. The summed E-state index contributed by atoms with van der Waals surface area (Å²) >= 11 is 0. The highest BCUT2D eigenvalue weighted by atomic mass is 19.1. The van der Waals surface area contributed by atoms with E-state index in [4.69, 9.17) is 4.74 Å². The fourth-order valence-corrected chi connectivity index (χ4v) is 1.61. The van der Waals surface area contributed by atoms with Crippen LogP contribution < -0.4 is 0 Å². The molecule has 0 saturated heterocycles. The number of hydrogen-bond acceptors (Lipinski definition) is 2. The lowest BCUT2D eigenvalue weighted by Crippen LogP contribution is -2.17. The van der Waals surface area contributed by atoms with E-state index in [1.54, 1.807) is 30.3 Å². The predicted molar refractivity (Wildman–Crippen MR) is 58.9 cm³/mol. The van der Waals surface area contributed by atoms with E-state index in [1.165, 1.54) is 0 Å². The second-order valence-electron chi connectivity index (χ2n) is 4.02. The molecule has 0 N–H and O–H groups in total. The smallest absolute Gasteiger partial charge is 0.338 e. The first kappa shape index (κ1) is 10.9. The first-order chi connectivity index (χ1) is 7.65. The van der Waals surface area contributed by atoms with Gasteiger partial charge in [-0.15, -0.1) is 6.58 Å². The van der Waals surface area contributed by atoms with E-state index in [-0.39, 0.29) is 12.5 Å². The fraction of sp³-hybridized carbons (Fsp3) is 0.308. The third-order valence-corrected chi connectivity index (χ3v) is 2.80. The molecule has 16 heavy (non-hydrogen) atoms. The third kappa shape index (κ3) is 2.13. The quantitative estimate of drug-likeness (QED) is 0.576. The average molecular weight is 220 g/mol. The van der Waals surface area contributed by atoms with Crippen molar-refractivity contribution in [1.29, 1.82) is 0 Å². The topological polar surface area (TPSA) is 26.3 Å². The first-order valence-electron chi connectivity index (χ1n) is 5.19. The Morgan fingerprint density at radius 2 is 2.25 bits per heavy atom. The lowest BCUT2D eigenvalue weighted by Gasteiger charge is -2.07. The van der Waals surface area contributed by atoms with Gasteiger partial charge in [0, 0.05) is 5.92 Å². The van der Waals surface area contributed by atoms with E-state index in [2.05, 4.69) is 6.58 Å². The van der Waals surface area contributed by atoms with E-state index in [0.717, 1.165) is 0 Å². The Hall–Kier alpha value is -1.64. The average Bonchev–Trinajstić information content (AvgIpc) is 2.99. The van der Waals surface area contributed by atoms with Crippen LogP contribution in [0.25, 0.3) is 0 Å². The summed E-state index contributed by atoms with van der Waals surface area (Å²) in [5.41, 5.74) is -0.937. The molecule has 0 radical (unpaired) electrons. The van der Waals surface area contributed by atoms with Crippen LogP contribution in [0, 0.1) is 5.92 Å². The van der Waals surface area contributed by atoms with Crippen LogP contribution in [-0.2, 0) is 4.74 Å².